The van der Waals surface area contributed by atoms with E-state index in [1.165, 1.54) is 28.0 Å². The number of benzene rings is 2. The van der Waals surface area contributed by atoms with Crippen LogP contribution in [0.2, 0.25) is 0 Å². The van der Waals surface area contributed by atoms with E-state index in [1.807, 2.05) is 6.92 Å². The van der Waals surface area contributed by atoms with E-state index in [9.17, 15) is 18.8 Å². The van der Waals surface area contributed by atoms with Crippen molar-refractivity contribution in [2.24, 2.45) is 0 Å². The molecule has 1 aliphatic heterocycles. The molecule has 0 N–H and O–H groups in total. The number of nitrogens with zero attached hydrogens (tertiary/aromatic N) is 2. The molecule has 2 aromatic rings. The minimum Gasteiger partial charge on any atom is -0.337 e. The van der Waals surface area contributed by atoms with Gasteiger partial charge >= 0.3 is 0 Å². The lowest BCUT2D eigenvalue weighted by Crippen LogP contribution is -2.40. The van der Waals surface area contributed by atoms with Crippen LogP contribution >= 0.6 is 0 Å². The smallest absolute Gasteiger partial charge is 0.295 e. The Labute approximate surface area is 157 Å². The zero-order valence-electron chi connectivity index (χ0n) is 15.2. The van der Waals surface area contributed by atoms with Gasteiger partial charge in [0.1, 0.15) is 5.82 Å². The third kappa shape index (κ3) is 4.22. The third-order valence-electron chi connectivity index (χ3n) is 4.68. The summed E-state index contributed by atoms with van der Waals surface area (Å²) in [7, 11) is 0. The molecular formula is C21H21FN2O3. The first-order valence-corrected chi connectivity index (χ1v) is 8.91. The molecular weight excluding hydrogens is 347 g/mol. The Morgan fingerprint density at radius 3 is 2.19 bits per heavy atom. The second-order valence-electron chi connectivity index (χ2n) is 6.61. The van der Waals surface area contributed by atoms with Gasteiger partial charge in [-0.2, -0.15) is 0 Å². The van der Waals surface area contributed by atoms with E-state index in [2.05, 4.69) is 0 Å². The molecule has 27 heavy (non-hydrogen) atoms. The van der Waals surface area contributed by atoms with Crippen molar-refractivity contribution in [3.05, 3.63) is 71.0 Å². The normalized spacial score (nSPS) is 14.6. The van der Waals surface area contributed by atoms with Gasteiger partial charge in [-0.25, -0.2) is 4.39 Å². The van der Waals surface area contributed by atoms with E-state index >= 15 is 0 Å². The van der Waals surface area contributed by atoms with Crippen LogP contribution in [-0.2, 0) is 4.79 Å². The summed E-state index contributed by atoms with van der Waals surface area (Å²) in [6.45, 7) is 3.22. The number of carbonyl (C=O) groups excluding carboxylic acids is 3. The van der Waals surface area contributed by atoms with Crippen LogP contribution in [0.25, 0.3) is 0 Å². The average Bonchev–Trinajstić information content (AvgIpc) is 2.93. The summed E-state index contributed by atoms with van der Waals surface area (Å²) in [6, 6.07) is 12.7. The van der Waals surface area contributed by atoms with Crippen LogP contribution in [0.1, 0.15) is 32.7 Å². The number of hydrogen-bond acceptors (Lipinski definition) is 3. The van der Waals surface area contributed by atoms with Crippen molar-refractivity contribution in [3.8, 4) is 0 Å². The average molecular weight is 368 g/mol. The van der Waals surface area contributed by atoms with Crippen molar-refractivity contribution in [2.45, 2.75) is 13.3 Å². The molecule has 0 unspecified atom stereocenters. The lowest BCUT2D eigenvalue weighted by molar-refractivity contribution is -0.126. The highest BCUT2D eigenvalue weighted by Gasteiger charge is 2.27. The molecule has 0 spiro atoms. The fourth-order valence-electron chi connectivity index (χ4n) is 3.10. The second kappa shape index (κ2) is 8.12. The molecule has 0 bridgehead atoms. The molecule has 0 aromatic heterocycles. The summed E-state index contributed by atoms with van der Waals surface area (Å²) in [5.41, 5.74) is 1.39. The Morgan fingerprint density at radius 2 is 1.48 bits per heavy atom. The monoisotopic (exact) mass is 368 g/mol. The van der Waals surface area contributed by atoms with Crippen molar-refractivity contribution in [2.75, 3.05) is 26.2 Å². The van der Waals surface area contributed by atoms with E-state index in [1.54, 1.807) is 30.3 Å². The van der Waals surface area contributed by atoms with Crippen LogP contribution < -0.4 is 0 Å². The van der Waals surface area contributed by atoms with E-state index < -0.39 is 23.4 Å². The molecule has 1 fully saturated rings. The van der Waals surface area contributed by atoms with Crippen molar-refractivity contribution in [1.29, 1.82) is 0 Å². The summed E-state index contributed by atoms with van der Waals surface area (Å²) in [6.07, 6.45) is 0.535. The van der Waals surface area contributed by atoms with Crippen molar-refractivity contribution in [3.63, 3.8) is 0 Å². The number of rotatable bonds is 3. The Bertz CT molecular complexity index is 864. The maximum atomic E-state index is 13.9. The molecule has 140 valence electrons. The van der Waals surface area contributed by atoms with Crippen molar-refractivity contribution in [1.82, 2.24) is 9.80 Å². The topological polar surface area (TPSA) is 57.7 Å². The molecule has 2 aromatic carbocycles. The molecule has 0 radical (unpaired) electrons. The second-order valence-corrected chi connectivity index (χ2v) is 6.61. The van der Waals surface area contributed by atoms with Gasteiger partial charge < -0.3 is 9.80 Å². The van der Waals surface area contributed by atoms with E-state index in [-0.39, 0.29) is 18.7 Å². The fourth-order valence-corrected chi connectivity index (χ4v) is 3.10. The lowest BCUT2D eigenvalue weighted by atomic mass is 10.1. The van der Waals surface area contributed by atoms with Gasteiger partial charge in [0.15, 0.2) is 0 Å². The zero-order chi connectivity index (χ0) is 19.4. The van der Waals surface area contributed by atoms with Crippen LogP contribution in [-0.4, -0.2) is 53.6 Å². The Morgan fingerprint density at radius 1 is 0.852 bits per heavy atom. The number of amides is 2. The van der Waals surface area contributed by atoms with Crippen LogP contribution in [0.15, 0.2) is 48.5 Å². The largest absolute Gasteiger partial charge is 0.337 e. The number of carbonyl (C=O) groups is 3. The van der Waals surface area contributed by atoms with Gasteiger partial charge in [0, 0.05) is 31.7 Å². The van der Waals surface area contributed by atoms with Gasteiger partial charge in [-0.3, -0.25) is 14.4 Å². The van der Waals surface area contributed by atoms with Gasteiger partial charge in [0.25, 0.3) is 11.8 Å². The van der Waals surface area contributed by atoms with Crippen LogP contribution in [0.4, 0.5) is 4.39 Å². The van der Waals surface area contributed by atoms with E-state index in [4.69, 9.17) is 0 Å². The molecule has 6 heteroatoms. The summed E-state index contributed by atoms with van der Waals surface area (Å²) in [5, 5.41) is 0. The highest BCUT2D eigenvalue weighted by molar-refractivity contribution is 6.42. The molecule has 1 saturated heterocycles. The Kier molecular flexibility index (Phi) is 5.64. The molecule has 0 saturated carbocycles. The third-order valence-corrected chi connectivity index (χ3v) is 4.68. The number of ketones is 1. The van der Waals surface area contributed by atoms with Crippen LogP contribution in [0, 0.1) is 12.7 Å². The standard InChI is InChI=1S/C21H21FN2O3/c1-15-7-9-16(10-8-15)19(25)21(27)24-12-4-11-23(13-14-24)20(26)17-5-2-3-6-18(17)22/h2-3,5-10H,4,11-14H2,1H3. The molecule has 2 amide bonds. The van der Waals surface area contributed by atoms with Crippen molar-refractivity contribution < 1.29 is 18.8 Å². The van der Waals surface area contributed by atoms with E-state index in [0.717, 1.165) is 5.56 Å². The van der Waals surface area contributed by atoms with Gasteiger partial charge in [-0.05, 0) is 25.5 Å². The molecule has 0 aliphatic carbocycles. The predicted molar refractivity (Wildman–Crippen MR) is 99.0 cm³/mol. The minimum atomic E-state index is -0.570. The van der Waals surface area contributed by atoms with Gasteiger partial charge in [-0.15, -0.1) is 0 Å². The number of hydrogen-bond donors (Lipinski definition) is 0. The fraction of sp³-hybridized carbons (Fsp3) is 0.286. The van der Waals surface area contributed by atoms with Crippen LogP contribution in [0.5, 0.6) is 0 Å². The summed E-state index contributed by atoms with van der Waals surface area (Å²) in [4.78, 5) is 40.5. The highest BCUT2D eigenvalue weighted by Crippen LogP contribution is 2.14. The Hall–Kier alpha value is -3.02. The minimum absolute atomic E-state index is 0.0213. The Balaban J connectivity index is 1.66. The molecule has 5 nitrogen and oxygen atoms in total. The number of halogens is 1. The summed E-state index contributed by atoms with van der Waals surface area (Å²) >= 11 is 0. The first-order chi connectivity index (χ1) is 13.0. The van der Waals surface area contributed by atoms with Crippen molar-refractivity contribution >= 4 is 17.6 Å². The lowest BCUT2D eigenvalue weighted by Gasteiger charge is -2.22. The predicted octanol–water partition coefficient (Wildman–Crippen LogP) is 2.69. The van der Waals surface area contributed by atoms with Crippen LogP contribution in [0.3, 0.4) is 0 Å². The maximum absolute atomic E-state index is 13.9. The summed E-state index contributed by atoms with van der Waals surface area (Å²) < 4.78 is 13.9. The summed E-state index contributed by atoms with van der Waals surface area (Å²) in [5.74, 6) is -2.08. The van der Waals surface area contributed by atoms with Gasteiger partial charge in [0.2, 0.25) is 5.78 Å². The van der Waals surface area contributed by atoms with E-state index in [0.29, 0.717) is 25.1 Å². The molecule has 1 aliphatic rings. The first kappa shape index (κ1) is 18.8. The quantitative estimate of drug-likeness (QED) is 0.618. The highest BCUT2D eigenvalue weighted by atomic mass is 19.1. The maximum Gasteiger partial charge on any atom is 0.295 e. The number of Topliss-reactive ketones (excluding diaryl/α,β-unsaturated/α-hetero) is 1. The SMILES string of the molecule is Cc1ccc(C(=O)C(=O)N2CCCN(C(=O)c3ccccc3F)CC2)cc1. The van der Waals surface area contributed by atoms with Gasteiger partial charge in [-0.1, -0.05) is 42.0 Å². The van der Waals surface area contributed by atoms with Gasteiger partial charge in [0.05, 0.1) is 5.56 Å². The number of aryl methyl sites for hydroxylation is 1. The molecule has 1 heterocycles. The molecule has 0 atom stereocenters. The zero-order valence-corrected chi connectivity index (χ0v) is 15.2. The first-order valence-electron chi connectivity index (χ1n) is 8.91. The molecule has 3 rings (SSSR count).